The molecule has 4 aliphatic rings. The van der Waals surface area contributed by atoms with Crippen LogP contribution in [0.5, 0.6) is 0 Å². The Morgan fingerprint density at radius 1 is 1.03 bits per heavy atom. The van der Waals surface area contributed by atoms with E-state index >= 15 is 0 Å². The Hall–Kier alpha value is -0.560. The average Bonchev–Trinajstić information content (AvgIpc) is 3.11. The van der Waals surface area contributed by atoms with Crippen molar-refractivity contribution in [2.75, 3.05) is 0 Å². The predicted molar refractivity (Wildman–Crippen MR) is 137 cm³/mol. The van der Waals surface area contributed by atoms with E-state index in [0.717, 1.165) is 36.5 Å². The summed E-state index contributed by atoms with van der Waals surface area (Å²) in [6, 6.07) is 0. The maximum absolute atomic E-state index is 10.3. The number of rotatable bonds is 7. The zero-order valence-corrected chi connectivity index (χ0v) is 22.1. The van der Waals surface area contributed by atoms with E-state index in [1.807, 2.05) is 5.57 Å². The van der Waals surface area contributed by atoms with E-state index in [9.17, 15) is 5.11 Å². The summed E-state index contributed by atoms with van der Waals surface area (Å²) >= 11 is 0. The Balaban J connectivity index is 1.46. The van der Waals surface area contributed by atoms with Crippen molar-refractivity contribution in [1.82, 2.24) is 0 Å². The molecule has 0 saturated heterocycles. The van der Waals surface area contributed by atoms with Crippen LogP contribution >= 0.6 is 0 Å². The molecule has 9 atom stereocenters. The quantitative estimate of drug-likeness (QED) is 0.393. The SMILES string of the molecule is C=C(C(C)C)C(CC)CC[C@@H](C)[C@H]1CC[C@H]2C3=CCC4C[C@@H](O)CC[C@]4(C)[C@H]3CC[C@]12C. The van der Waals surface area contributed by atoms with Crippen molar-refractivity contribution in [2.45, 2.75) is 118 Å². The molecular weight excluding hydrogens is 388 g/mol. The zero-order chi connectivity index (χ0) is 23.3. The predicted octanol–water partition coefficient (Wildman–Crippen LogP) is 8.58. The van der Waals surface area contributed by atoms with Crippen molar-refractivity contribution in [3.8, 4) is 0 Å². The van der Waals surface area contributed by atoms with E-state index in [1.165, 1.54) is 63.4 Å². The van der Waals surface area contributed by atoms with Crippen LogP contribution in [-0.4, -0.2) is 11.2 Å². The van der Waals surface area contributed by atoms with Crippen LogP contribution in [0.4, 0.5) is 0 Å². The minimum absolute atomic E-state index is 0.0488. The highest BCUT2D eigenvalue weighted by atomic mass is 16.3. The molecule has 1 heteroatoms. The molecule has 3 fully saturated rings. The number of aliphatic hydroxyl groups excluding tert-OH is 1. The fourth-order valence-corrected chi connectivity index (χ4v) is 9.25. The van der Waals surface area contributed by atoms with Crippen molar-refractivity contribution in [2.24, 2.45) is 52.3 Å². The van der Waals surface area contributed by atoms with E-state index in [1.54, 1.807) is 0 Å². The second kappa shape index (κ2) is 9.24. The summed E-state index contributed by atoms with van der Waals surface area (Å²) in [6.07, 6.45) is 16.8. The van der Waals surface area contributed by atoms with Crippen LogP contribution in [0.2, 0.25) is 0 Å². The molecule has 0 bridgehead atoms. The van der Waals surface area contributed by atoms with Crippen molar-refractivity contribution < 1.29 is 5.11 Å². The molecule has 2 unspecified atom stereocenters. The van der Waals surface area contributed by atoms with Crippen LogP contribution in [0.15, 0.2) is 23.8 Å². The van der Waals surface area contributed by atoms with Gasteiger partial charge in [0.2, 0.25) is 0 Å². The van der Waals surface area contributed by atoms with Crippen molar-refractivity contribution in [3.05, 3.63) is 23.8 Å². The van der Waals surface area contributed by atoms with E-state index < -0.39 is 0 Å². The van der Waals surface area contributed by atoms with Gasteiger partial charge in [0.25, 0.3) is 0 Å². The third-order valence-electron chi connectivity index (χ3n) is 11.5. The molecule has 0 spiro atoms. The first kappa shape index (κ1) is 24.6. The molecule has 0 heterocycles. The summed E-state index contributed by atoms with van der Waals surface area (Å²) < 4.78 is 0. The largest absolute Gasteiger partial charge is 0.393 e. The highest BCUT2D eigenvalue weighted by Gasteiger charge is 2.58. The van der Waals surface area contributed by atoms with Gasteiger partial charge in [-0.2, -0.15) is 0 Å². The highest BCUT2D eigenvalue weighted by Crippen LogP contribution is 2.67. The van der Waals surface area contributed by atoms with E-state index in [4.69, 9.17) is 0 Å². The zero-order valence-electron chi connectivity index (χ0n) is 22.1. The van der Waals surface area contributed by atoms with Crippen LogP contribution in [0.3, 0.4) is 0 Å². The van der Waals surface area contributed by atoms with Gasteiger partial charge in [-0.1, -0.05) is 65.3 Å². The van der Waals surface area contributed by atoms with E-state index in [-0.39, 0.29) is 6.10 Å². The lowest BCUT2D eigenvalue weighted by molar-refractivity contribution is -0.0428. The van der Waals surface area contributed by atoms with Gasteiger partial charge in [0.05, 0.1) is 6.10 Å². The molecule has 3 saturated carbocycles. The van der Waals surface area contributed by atoms with Gasteiger partial charge in [-0.05, 0) is 123 Å². The molecule has 4 rings (SSSR count). The highest BCUT2D eigenvalue weighted by molar-refractivity contribution is 5.27. The molecule has 0 aromatic rings. The van der Waals surface area contributed by atoms with Crippen molar-refractivity contribution in [1.29, 1.82) is 0 Å². The summed E-state index contributed by atoms with van der Waals surface area (Å²) in [7, 11) is 0. The molecule has 1 N–H and O–H groups in total. The Kier molecular flexibility index (Phi) is 7.09. The molecule has 0 amide bonds. The third kappa shape index (κ3) is 4.08. The van der Waals surface area contributed by atoms with Gasteiger partial charge in [0.15, 0.2) is 0 Å². The van der Waals surface area contributed by atoms with Gasteiger partial charge in [0.1, 0.15) is 0 Å². The molecule has 0 aromatic carbocycles. The van der Waals surface area contributed by atoms with Crippen LogP contribution in [0, 0.1) is 52.3 Å². The summed E-state index contributed by atoms with van der Waals surface area (Å²) in [5.74, 6) is 5.36. The normalized spacial score (nSPS) is 43.1. The minimum Gasteiger partial charge on any atom is -0.393 e. The van der Waals surface area contributed by atoms with Gasteiger partial charge < -0.3 is 5.11 Å². The van der Waals surface area contributed by atoms with Gasteiger partial charge in [-0.3, -0.25) is 0 Å². The fourth-order valence-electron chi connectivity index (χ4n) is 9.25. The standard InChI is InChI=1S/C31H52O/c1-8-23(22(5)20(2)3)10-9-21(4)27-13-14-28-26-12-11-24-19-25(32)15-17-30(24,6)29(26)16-18-31(27,28)7/h12,20-21,23-25,27-29,32H,5,8-11,13-19H2,1-4,6-7H3/t21-,23?,24?,25+,27-,28+,29+,30+,31-/m1/s1. The van der Waals surface area contributed by atoms with Crippen LogP contribution in [0.1, 0.15) is 112 Å². The number of allylic oxidation sites excluding steroid dienone is 3. The summed E-state index contributed by atoms with van der Waals surface area (Å²) in [6.45, 7) is 19.3. The first-order chi connectivity index (χ1) is 15.1. The van der Waals surface area contributed by atoms with Gasteiger partial charge in [-0.15, -0.1) is 0 Å². The number of fused-ring (bicyclic) bond motifs is 5. The Morgan fingerprint density at radius 2 is 1.72 bits per heavy atom. The number of hydrogen-bond donors (Lipinski definition) is 1. The number of aliphatic hydroxyl groups is 1. The topological polar surface area (TPSA) is 20.2 Å². The van der Waals surface area contributed by atoms with Crippen molar-refractivity contribution >= 4 is 0 Å². The van der Waals surface area contributed by atoms with Crippen LogP contribution < -0.4 is 0 Å². The van der Waals surface area contributed by atoms with Crippen molar-refractivity contribution in [3.63, 3.8) is 0 Å². The molecule has 1 nitrogen and oxygen atoms in total. The second-order valence-corrected chi connectivity index (χ2v) is 13.3. The Bertz CT molecular complexity index is 718. The molecule has 0 radical (unpaired) electrons. The molecule has 0 aliphatic heterocycles. The Labute approximate surface area is 199 Å². The maximum atomic E-state index is 10.3. The average molecular weight is 441 g/mol. The van der Waals surface area contributed by atoms with Gasteiger partial charge >= 0.3 is 0 Å². The van der Waals surface area contributed by atoms with Crippen LogP contribution in [0.25, 0.3) is 0 Å². The maximum Gasteiger partial charge on any atom is 0.0543 e. The van der Waals surface area contributed by atoms with Gasteiger partial charge in [0, 0.05) is 0 Å². The number of hydrogen-bond acceptors (Lipinski definition) is 1. The lowest BCUT2D eigenvalue weighted by Gasteiger charge is -2.57. The van der Waals surface area contributed by atoms with E-state index in [2.05, 4.69) is 54.2 Å². The Morgan fingerprint density at radius 3 is 2.41 bits per heavy atom. The molecular formula is C31H52O. The monoisotopic (exact) mass is 440 g/mol. The molecule has 182 valence electrons. The summed E-state index contributed by atoms with van der Waals surface area (Å²) in [5, 5.41) is 10.3. The smallest absolute Gasteiger partial charge is 0.0543 e. The van der Waals surface area contributed by atoms with Crippen LogP contribution in [-0.2, 0) is 0 Å². The van der Waals surface area contributed by atoms with E-state index in [0.29, 0.717) is 28.6 Å². The second-order valence-electron chi connectivity index (χ2n) is 13.3. The fraction of sp³-hybridized carbons (Fsp3) is 0.871. The molecule has 0 aromatic heterocycles. The first-order valence-corrected chi connectivity index (χ1v) is 14.2. The molecule has 32 heavy (non-hydrogen) atoms. The first-order valence-electron chi connectivity index (χ1n) is 14.2. The third-order valence-corrected chi connectivity index (χ3v) is 11.5. The van der Waals surface area contributed by atoms with Gasteiger partial charge in [-0.25, -0.2) is 0 Å². The minimum atomic E-state index is -0.0488. The lowest BCUT2D eigenvalue weighted by atomic mass is 9.47. The lowest BCUT2D eigenvalue weighted by Crippen LogP contribution is -2.49. The summed E-state index contributed by atoms with van der Waals surface area (Å²) in [5.41, 5.74) is 4.29. The molecule has 4 aliphatic carbocycles. The summed E-state index contributed by atoms with van der Waals surface area (Å²) in [4.78, 5) is 0.